The zero-order valence-corrected chi connectivity index (χ0v) is 18.3. The maximum atomic E-state index is 3.40. The molecule has 0 aliphatic carbocycles. The van der Waals surface area contributed by atoms with Crippen molar-refractivity contribution in [1.29, 1.82) is 0 Å². The molecule has 0 saturated heterocycles. The summed E-state index contributed by atoms with van der Waals surface area (Å²) in [5, 5.41) is 3.74. The zero-order chi connectivity index (χ0) is 13.7. The number of hydrogen-bond donors (Lipinski definition) is 0. The quantitative estimate of drug-likeness (QED) is 0.401. The first kappa shape index (κ1) is 18.1. The van der Waals surface area contributed by atoms with Crippen molar-refractivity contribution >= 4 is 21.7 Å². The summed E-state index contributed by atoms with van der Waals surface area (Å²) in [6.45, 7) is 0. The van der Waals surface area contributed by atoms with Gasteiger partial charge in [0.1, 0.15) is 0 Å². The summed E-state index contributed by atoms with van der Waals surface area (Å²) in [7, 11) is 4.14. The molecule has 0 atom stereocenters. The minimum absolute atomic E-state index is 0. The fraction of sp³-hybridized carbons (Fsp3) is 0.111. The molecule has 0 bridgehead atoms. The van der Waals surface area contributed by atoms with Crippen LogP contribution in [0.15, 0.2) is 48.8 Å². The van der Waals surface area contributed by atoms with Crippen LogP contribution in [0.3, 0.4) is 0 Å². The molecule has 2 heterocycles. The fourth-order valence-electron chi connectivity index (χ4n) is 2.93. The minimum Gasteiger partial charge on any atom is -0.464 e. The second kappa shape index (κ2) is 7.09. The van der Waals surface area contributed by atoms with Gasteiger partial charge >= 0.3 is 0 Å². The molecule has 0 aliphatic rings. The third kappa shape index (κ3) is 2.80. The molecule has 4 rings (SSSR count). The Balaban J connectivity index is 0.000000882. The van der Waals surface area contributed by atoms with Crippen LogP contribution >= 0.6 is 0 Å². The van der Waals surface area contributed by atoms with E-state index in [0.717, 1.165) is 11.3 Å². The van der Waals surface area contributed by atoms with Crippen molar-refractivity contribution in [2.45, 2.75) is 0 Å². The van der Waals surface area contributed by atoms with Gasteiger partial charge in [-0.25, -0.2) is 17.7 Å². The van der Waals surface area contributed by atoms with Gasteiger partial charge < -0.3 is 9.13 Å². The van der Waals surface area contributed by atoms with E-state index in [-0.39, 0.29) is 65.4 Å². The summed E-state index contributed by atoms with van der Waals surface area (Å²) in [5.74, 6) is 0. The Morgan fingerprint density at radius 2 is 1.55 bits per heavy atom. The van der Waals surface area contributed by atoms with Gasteiger partial charge in [0.15, 0.2) is 0 Å². The van der Waals surface area contributed by atoms with Gasteiger partial charge in [0, 0.05) is 84.2 Å². The van der Waals surface area contributed by atoms with Crippen molar-refractivity contribution in [2.24, 2.45) is 14.1 Å². The third-order valence-corrected chi connectivity index (χ3v) is 3.92. The molecule has 0 amide bonds. The molecule has 4 heteroatoms. The largest absolute Gasteiger partial charge is 0.464 e. The Kier molecular flexibility index (Phi) is 5.83. The molecule has 2 aromatic carbocycles. The average Bonchev–Trinajstić information content (AvgIpc) is 3.05. The number of hydrogen-bond acceptors (Lipinski definition) is 0. The molecule has 4 aromatic rings. The van der Waals surface area contributed by atoms with Crippen LogP contribution in [0.1, 0.15) is 0 Å². The van der Waals surface area contributed by atoms with Gasteiger partial charge in [0.05, 0.1) is 0 Å². The predicted octanol–water partition coefficient (Wildman–Crippen LogP) is 3.93. The molecule has 0 fully saturated rings. The fourth-order valence-corrected chi connectivity index (χ4v) is 2.93. The van der Waals surface area contributed by atoms with E-state index in [1.807, 2.05) is 25.4 Å². The summed E-state index contributed by atoms with van der Waals surface area (Å²) in [6, 6.07) is 19.3. The minimum atomic E-state index is 0. The Bertz CT molecular complexity index is 935. The molecule has 2 nitrogen and oxygen atoms in total. The number of aryl methyl sites for hydroxylation is 2. The maximum Gasteiger partial charge on any atom is 0.0104 e. The van der Waals surface area contributed by atoms with Gasteiger partial charge in [-0.15, -0.1) is 23.0 Å². The van der Waals surface area contributed by atoms with Gasteiger partial charge in [0.25, 0.3) is 0 Å². The van der Waals surface area contributed by atoms with Gasteiger partial charge in [-0.2, -0.15) is 17.8 Å². The smallest absolute Gasteiger partial charge is 0.0104 e. The van der Waals surface area contributed by atoms with E-state index >= 15 is 0 Å². The molecular formula is C18H14N2Y2-2. The molecule has 0 spiro atoms. The molecule has 22 heavy (non-hydrogen) atoms. The first-order chi connectivity index (χ1) is 9.75. The van der Waals surface area contributed by atoms with E-state index in [2.05, 4.69) is 58.8 Å². The molecule has 104 valence electrons. The zero-order valence-electron chi connectivity index (χ0n) is 12.7. The first-order valence-corrected chi connectivity index (χ1v) is 6.67. The topological polar surface area (TPSA) is 9.86 Å². The summed E-state index contributed by atoms with van der Waals surface area (Å²) in [4.78, 5) is 0. The monoisotopic (exact) mass is 436 g/mol. The summed E-state index contributed by atoms with van der Waals surface area (Å²) < 4.78 is 4.27. The van der Waals surface area contributed by atoms with E-state index in [1.54, 1.807) is 0 Å². The number of rotatable bonds is 1. The Hall–Kier alpha value is -0.272. The summed E-state index contributed by atoms with van der Waals surface area (Å²) in [6.07, 6.45) is 4.13. The van der Waals surface area contributed by atoms with E-state index in [4.69, 9.17) is 0 Å². The third-order valence-electron chi connectivity index (χ3n) is 3.92. The normalized spacial score (nSPS) is 10.5. The molecule has 0 unspecified atom stereocenters. The molecule has 0 N–H and O–H groups in total. The van der Waals surface area contributed by atoms with Crippen molar-refractivity contribution < 1.29 is 65.4 Å². The molecule has 0 aliphatic heterocycles. The summed E-state index contributed by atoms with van der Waals surface area (Å²) in [5.41, 5.74) is 3.44. The number of benzene rings is 2. The van der Waals surface area contributed by atoms with Crippen molar-refractivity contribution in [1.82, 2.24) is 9.13 Å². The van der Waals surface area contributed by atoms with Crippen molar-refractivity contribution in [2.75, 3.05) is 0 Å². The van der Waals surface area contributed by atoms with Crippen LogP contribution in [0.2, 0.25) is 0 Å². The first-order valence-electron chi connectivity index (χ1n) is 6.67. The van der Waals surface area contributed by atoms with Crippen LogP contribution in [-0.2, 0) is 79.5 Å². The predicted molar refractivity (Wildman–Crippen MR) is 82.5 cm³/mol. The number of aromatic nitrogens is 2. The van der Waals surface area contributed by atoms with E-state index in [9.17, 15) is 0 Å². The van der Waals surface area contributed by atoms with Crippen LogP contribution in [0.4, 0.5) is 0 Å². The molecular weight excluding hydrogens is 422 g/mol. The maximum absolute atomic E-state index is 3.40. The van der Waals surface area contributed by atoms with Crippen molar-refractivity contribution in [3.05, 3.63) is 60.9 Å². The van der Waals surface area contributed by atoms with Gasteiger partial charge in [-0.3, -0.25) is 0 Å². The summed E-state index contributed by atoms with van der Waals surface area (Å²) >= 11 is 0. The van der Waals surface area contributed by atoms with Gasteiger partial charge in [0.2, 0.25) is 0 Å². The van der Waals surface area contributed by atoms with Crippen LogP contribution in [0.5, 0.6) is 0 Å². The SMILES string of the molecule is Cn1cc[c-]c1-c1[c-]ccc2ccc3ccn(C)c3c12.[Y].[Y]. The molecule has 2 radical (unpaired) electrons. The van der Waals surface area contributed by atoms with E-state index in [1.165, 1.54) is 21.7 Å². The second-order valence-corrected chi connectivity index (χ2v) is 5.17. The Morgan fingerprint density at radius 3 is 2.27 bits per heavy atom. The number of nitrogens with zero attached hydrogens (tertiary/aromatic N) is 2. The van der Waals surface area contributed by atoms with Crippen LogP contribution in [0, 0.1) is 12.1 Å². The standard InChI is InChI=1S/C18H14N2.2Y/c1-19-11-4-7-16(19)15-6-3-5-13-8-9-14-10-12-20(2)18(14)17(13)15;;/h3-5,8-12H,1-2H3;;/q-2;;. The van der Waals surface area contributed by atoms with E-state index < -0.39 is 0 Å². The van der Waals surface area contributed by atoms with Crippen LogP contribution < -0.4 is 0 Å². The van der Waals surface area contributed by atoms with Crippen LogP contribution in [0.25, 0.3) is 32.9 Å². The van der Waals surface area contributed by atoms with Crippen molar-refractivity contribution in [3.8, 4) is 11.3 Å². The van der Waals surface area contributed by atoms with Gasteiger partial charge in [-0.1, -0.05) is 12.1 Å². The average molecular weight is 436 g/mol. The van der Waals surface area contributed by atoms with Gasteiger partial charge in [-0.05, 0) is 18.5 Å². The Morgan fingerprint density at radius 1 is 0.773 bits per heavy atom. The van der Waals surface area contributed by atoms with E-state index in [0.29, 0.717) is 0 Å². The second-order valence-electron chi connectivity index (χ2n) is 5.17. The van der Waals surface area contributed by atoms with Crippen molar-refractivity contribution in [3.63, 3.8) is 0 Å². The molecule has 0 saturated carbocycles. The van der Waals surface area contributed by atoms with Crippen LogP contribution in [-0.4, -0.2) is 9.13 Å². The Labute approximate surface area is 180 Å². The number of fused-ring (bicyclic) bond motifs is 3. The molecule has 2 aromatic heterocycles.